The van der Waals surface area contributed by atoms with Gasteiger partial charge in [0, 0.05) is 16.8 Å². The minimum atomic E-state index is -0.446. The monoisotopic (exact) mass is 291 g/mol. The smallest absolute Gasteiger partial charge is 0.161 e. The molecular formula is C15H15ClFN3. The second-order valence-electron chi connectivity index (χ2n) is 5.05. The maximum absolute atomic E-state index is 13.2. The lowest BCUT2D eigenvalue weighted by atomic mass is 10.1. The number of nitrogens with zero attached hydrogens (tertiary/aromatic N) is 2. The highest BCUT2D eigenvalue weighted by molar-refractivity contribution is 6.31. The minimum absolute atomic E-state index is 0.0691. The lowest BCUT2D eigenvalue weighted by Crippen LogP contribution is -2.06. The van der Waals surface area contributed by atoms with Crippen molar-refractivity contribution in [2.75, 3.05) is 5.73 Å². The molecule has 104 valence electrons. The van der Waals surface area contributed by atoms with Gasteiger partial charge in [-0.05, 0) is 43.9 Å². The standard InChI is InChI=1S/C15H15ClFN3/c16-11-8-9(6-7-12(11)17)15-19-13-5-3-1-2-4-10(13)14(18)20-15/h6-8H,1-5H2,(H2,18,19,20). The van der Waals surface area contributed by atoms with Gasteiger partial charge >= 0.3 is 0 Å². The van der Waals surface area contributed by atoms with E-state index in [2.05, 4.69) is 9.97 Å². The van der Waals surface area contributed by atoms with Crippen molar-refractivity contribution < 1.29 is 4.39 Å². The van der Waals surface area contributed by atoms with Crippen LogP contribution in [0.1, 0.15) is 30.5 Å². The molecule has 1 aromatic carbocycles. The van der Waals surface area contributed by atoms with Gasteiger partial charge in [-0.25, -0.2) is 14.4 Å². The summed E-state index contributed by atoms with van der Waals surface area (Å²) in [5.41, 5.74) is 8.84. The van der Waals surface area contributed by atoms with Crippen LogP contribution in [0.25, 0.3) is 11.4 Å². The quantitative estimate of drug-likeness (QED) is 0.813. The molecule has 0 fully saturated rings. The van der Waals surface area contributed by atoms with Crippen LogP contribution in [0.3, 0.4) is 0 Å². The van der Waals surface area contributed by atoms with Crippen LogP contribution in [-0.4, -0.2) is 9.97 Å². The number of aromatic nitrogens is 2. The summed E-state index contributed by atoms with van der Waals surface area (Å²) < 4.78 is 13.2. The largest absolute Gasteiger partial charge is 0.383 e. The Hall–Kier alpha value is -1.68. The molecule has 0 bridgehead atoms. The zero-order valence-electron chi connectivity index (χ0n) is 11.0. The second-order valence-corrected chi connectivity index (χ2v) is 5.45. The molecule has 1 aliphatic carbocycles. The molecule has 3 rings (SSSR count). The zero-order valence-corrected chi connectivity index (χ0v) is 11.8. The normalized spacial score (nSPS) is 14.7. The Balaban J connectivity index is 2.08. The maximum atomic E-state index is 13.2. The Kier molecular flexibility index (Phi) is 3.57. The van der Waals surface area contributed by atoms with Crippen molar-refractivity contribution in [2.45, 2.75) is 32.1 Å². The third-order valence-electron chi connectivity index (χ3n) is 3.64. The minimum Gasteiger partial charge on any atom is -0.383 e. The average Bonchev–Trinajstić information content (AvgIpc) is 2.67. The average molecular weight is 292 g/mol. The lowest BCUT2D eigenvalue weighted by Gasteiger charge is -2.10. The SMILES string of the molecule is Nc1nc(-c2ccc(F)c(Cl)c2)nc2c1CCCCC2. The van der Waals surface area contributed by atoms with Crippen LogP contribution in [0.4, 0.5) is 10.2 Å². The third kappa shape index (κ3) is 2.48. The predicted octanol–water partition coefficient (Wildman–Crippen LogP) is 3.79. The molecule has 0 unspecified atom stereocenters. The van der Waals surface area contributed by atoms with Crippen LogP contribution >= 0.6 is 11.6 Å². The van der Waals surface area contributed by atoms with E-state index in [1.165, 1.54) is 18.6 Å². The van der Waals surface area contributed by atoms with E-state index >= 15 is 0 Å². The molecule has 2 N–H and O–H groups in total. The van der Waals surface area contributed by atoms with Gasteiger partial charge in [0.15, 0.2) is 5.82 Å². The number of nitrogen functional groups attached to an aromatic ring is 1. The molecule has 0 amide bonds. The molecule has 0 radical (unpaired) electrons. The number of hydrogen-bond acceptors (Lipinski definition) is 3. The molecule has 5 heteroatoms. The zero-order chi connectivity index (χ0) is 14.1. The molecule has 1 aliphatic rings. The fraction of sp³-hybridized carbons (Fsp3) is 0.333. The molecule has 3 nitrogen and oxygen atoms in total. The molecule has 1 aromatic heterocycles. The predicted molar refractivity (Wildman–Crippen MR) is 78.1 cm³/mol. The number of fused-ring (bicyclic) bond motifs is 1. The van der Waals surface area contributed by atoms with E-state index in [9.17, 15) is 4.39 Å². The summed E-state index contributed by atoms with van der Waals surface area (Å²) in [6.45, 7) is 0. The molecule has 20 heavy (non-hydrogen) atoms. The van der Waals surface area contributed by atoms with E-state index in [-0.39, 0.29) is 5.02 Å². The van der Waals surface area contributed by atoms with Crippen molar-refractivity contribution in [3.05, 3.63) is 40.3 Å². The van der Waals surface area contributed by atoms with E-state index in [4.69, 9.17) is 17.3 Å². The Bertz CT molecular complexity index is 658. The van der Waals surface area contributed by atoms with Gasteiger partial charge in [0.2, 0.25) is 0 Å². The van der Waals surface area contributed by atoms with Gasteiger partial charge in [0.25, 0.3) is 0 Å². The van der Waals surface area contributed by atoms with Crippen molar-refractivity contribution in [1.82, 2.24) is 9.97 Å². The summed E-state index contributed by atoms with van der Waals surface area (Å²) in [6.07, 6.45) is 5.29. The first kappa shape index (κ1) is 13.3. The fourth-order valence-corrected chi connectivity index (χ4v) is 2.74. The first-order valence-electron chi connectivity index (χ1n) is 6.76. The van der Waals surface area contributed by atoms with Gasteiger partial charge < -0.3 is 5.73 Å². The van der Waals surface area contributed by atoms with Crippen LogP contribution in [0.5, 0.6) is 0 Å². The molecule has 0 saturated carbocycles. The number of nitrogens with two attached hydrogens (primary N) is 1. The summed E-state index contributed by atoms with van der Waals surface area (Å²) in [5.74, 6) is 0.607. The summed E-state index contributed by atoms with van der Waals surface area (Å²) in [4.78, 5) is 8.96. The maximum Gasteiger partial charge on any atom is 0.161 e. The number of rotatable bonds is 1. The lowest BCUT2D eigenvalue weighted by molar-refractivity contribution is 0.628. The number of aryl methyl sites for hydroxylation is 1. The van der Waals surface area contributed by atoms with Gasteiger partial charge in [0.05, 0.1) is 5.02 Å². The van der Waals surface area contributed by atoms with E-state index in [0.717, 1.165) is 36.9 Å². The van der Waals surface area contributed by atoms with E-state index in [0.29, 0.717) is 17.2 Å². The summed E-state index contributed by atoms with van der Waals surface area (Å²) in [6, 6.07) is 4.48. The van der Waals surface area contributed by atoms with E-state index < -0.39 is 5.82 Å². The Morgan fingerprint density at radius 1 is 1.10 bits per heavy atom. The molecular weight excluding hydrogens is 277 g/mol. The Morgan fingerprint density at radius 3 is 2.70 bits per heavy atom. The van der Waals surface area contributed by atoms with Gasteiger partial charge in [-0.3, -0.25) is 0 Å². The number of benzene rings is 1. The van der Waals surface area contributed by atoms with Crippen LogP contribution in [-0.2, 0) is 12.8 Å². The van der Waals surface area contributed by atoms with Crippen LogP contribution in [0.2, 0.25) is 5.02 Å². The van der Waals surface area contributed by atoms with Gasteiger partial charge in [-0.1, -0.05) is 18.0 Å². The highest BCUT2D eigenvalue weighted by Crippen LogP contribution is 2.28. The molecule has 0 saturated heterocycles. The van der Waals surface area contributed by atoms with Crippen LogP contribution in [0, 0.1) is 5.82 Å². The summed E-state index contributed by atoms with van der Waals surface area (Å²) >= 11 is 5.81. The topological polar surface area (TPSA) is 51.8 Å². The summed E-state index contributed by atoms with van der Waals surface area (Å²) in [5, 5.41) is 0.0691. The van der Waals surface area contributed by atoms with E-state index in [1.54, 1.807) is 6.07 Å². The third-order valence-corrected chi connectivity index (χ3v) is 3.93. The van der Waals surface area contributed by atoms with Crippen LogP contribution < -0.4 is 5.73 Å². The fourth-order valence-electron chi connectivity index (χ4n) is 2.56. The first-order chi connectivity index (χ1) is 9.65. The molecule has 2 aromatic rings. The van der Waals surface area contributed by atoms with Crippen molar-refractivity contribution in [3.8, 4) is 11.4 Å². The number of hydrogen-bond donors (Lipinski definition) is 1. The van der Waals surface area contributed by atoms with Gasteiger partial charge in [0.1, 0.15) is 11.6 Å². The number of halogens is 2. The van der Waals surface area contributed by atoms with Crippen molar-refractivity contribution >= 4 is 17.4 Å². The van der Waals surface area contributed by atoms with Gasteiger partial charge in [-0.15, -0.1) is 0 Å². The Labute approximate surface area is 122 Å². The van der Waals surface area contributed by atoms with Crippen molar-refractivity contribution in [3.63, 3.8) is 0 Å². The highest BCUT2D eigenvalue weighted by atomic mass is 35.5. The molecule has 0 aliphatic heterocycles. The highest BCUT2D eigenvalue weighted by Gasteiger charge is 2.16. The van der Waals surface area contributed by atoms with E-state index in [1.807, 2.05) is 0 Å². The molecule has 0 spiro atoms. The van der Waals surface area contributed by atoms with Crippen LogP contribution in [0.15, 0.2) is 18.2 Å². The van der Waals surface area contributed by atoms with Crippen molar-refractivity contribution in [2.24, 2.45) is 0 Å². The van der Waals surface area contributed by atoms with Gasteiger partial charge in [-0.2, -0.15) is 0 Å². The second kappa shape index (κ2) is 5.37. The molecule has 0 atom stereocenters. The number of anilines is 1. The Morgan fingerprint density at radius 2 is 1.90 bits per heavy atom. The van der Waals surface area contributed by atoms with Crippen molar-refractivity contribution in [1.29, 1.82) is 0 Å². The molecule has 1 heterocycles. The first-order valence-corrected chi connectivity index (χ1v) is 7.13. The summed E-state index contributed by atoms with van der Waals surface area (Å²) in [7, 11) is 0.